The van der Waals surface area contributed by atoms with Gasteiger partial charge < -0.3 is 9.88 Å². The summed E-state index contributed by atoms with van der Waals surface area (Å²) < 4.78 is 1.04. The van der Waals surface area contributed by atoms with Crippen molar-refractivity contribution in [2.24, 2.45) is 0 Å². The number of pyridine rings is 1. The number of H-pyrrole nitrogens is 1. The fraction of sp³-hybridized carbons (Fsp3) is 0.545. The van der Waals surface area contributed by atoms with Gasteiger partial charge in [0.2, 0.25) is 5.56 Å². The zero-order valence-electron chi connectivity index (χ0n) is 9.22. The van der Waals surface area contributed by atoms with Gasteiger partial charge in [0, 0.05) is 22.4 Å². The number of nitrogens with zero attached hydrogens (tertiary/aromatic N) is 1. The number of aromatic nitrogens is 1. The number of halogens is 1. The third kappa shape index (κ3) is 4.34. The maximum atomic E-state index is 11.0. The van der Waals surface area contributed by atoms with Gasteiger partial charge in [-0.25, -0.2) is 0 Å². The highest BCUT2D eigenvalue weighted by Crippen LogP contribution is 2.10. The van der Waals surface area contributed by atoms with Crippen LogP contribution < -0.4 is 5.56 Å². The lowest BCUT2D eigenvalue weighted by Gasteiger charge is -2.16. The molecule has 15 heavy (non-hydrogen) atoms. The normalized spacial score (nSPS) is 10.9. The van der Waals surface area contributed by atoms with E-state index in [0.717, 1.165) is 16.7 Å². The van der Waals surface area contributed by atoms with Gasteiger partial charge in [-0.1, -0.05) is 13.3 Å². The molecule has 0 spiro atoms. The van der Waals surface area contributed by atoms with E-state index in [1.807, 2.05) is 6.20 Å². The van der Waals surface area contributed by atoms with Crippen molar-refractivity contribution in [3.8, 4) is 0 Å². The zero-order valence-corrected chi connectivity index (χ0v) is 11.4. The highest BCUT2D eigenvalue weighted by atomic mass is 127. The van der Waals surface area contributed by atoms with Gasteiger partial charge in [-0.2, -0.15) is 0 Å². The first-order valence-electron chi connectivity index (χ1n) is 5.19. The molecular weight excluding hydrogens is 303 g/mol. The summed E-state index contributed by atoms with van der Waals surface area (Å²) in [5, 5.41) is 0. The van der Waals surface area contributed by atoms with E-state index in [1.165, 1.54) is 18.4 Å². The summed E-state index contributed by atoms with van der Waals surface area (Å²) in [5.41, 5.74) is 1.16. The van der Waals surface area contributed by atoms with Crippen molar-refractivity contribution >= 4 is 22.6 Å². The number of hydrogen-bond donors (Lipinski definition) is 1. The van der Waals surface area contributed by atoms with Gasteiger partial charge in [-0.15, -0.1) is 0 Å². The van der Waals surface area contributed by atoms with Crippen LogP contribution >= 0.6 is 22.6 Å². The van der Waals surface area contributed by atoms with E-state index >= 15 is 0 Å². The molecule has 0 saturated carbocycles. The Labute approximate surface area is 104 Å². The van der Waals surface area contributed by atoms with Crippen LogP contribution in [0.3, 0.4) is 0 Å². The second-order valence-electron chi connectivity index (χ2n) is 3.76. The molecule has 0 saturated heterocycles. The van der Waals surface area contributed by atoms with Crippen molar-refractivity contribution in [2.45, 2.75) is 26.3 Å². The van der Waals surface area contributed by atoms with Crippen LogP contribution in [0.1, 0.15) is 25.3 Å². The summed E-state index contributed by atoms with van der Waals surface area (Å²) in [4.78, 5) is 16.0. The molecule has 4 heteroatoms. The Morgan fingerprint density at radius 3 is 2.87 bits per heavy atom. The monoisotopic (exact) mass is 320 g/mol. The molecule has 1 aromatic rings. The molecular formula is C11H17IN2O. The van der Waals surface area contributed by atoms with Gasteiger partial charge in [-0.3, -0.25) is 4.79 Å². The second-order valence-corrected chi connectivity index (χ2v) is 4.92. The molecule has 0 radical (unpaired) electrons. The molecule has 0 amide bonds. The highest BCUT2D eigenvalue weighted by molar-refractivity contribution is 14.1. The van der Waals surface area contributed by atoms with E-state index in [-0.39, 0.29) is 5.56 Å². The summed E-state index contributed by atoms with van der Waals surface area (Å²) in [5.74, 6) is 0. The van der Waals surface area contributed by atoms with E-state index in [4.69, 9.17) is 0 Å². The Morgan fingerprint density at radius 1 is 1.53 bits per heavy atom. The maximum absolute atomic E-state index is 11.0. The Bertz CT molecular complexity index is 362. The summed E-state index contributed by atoms with van der Waals surface area (Å²) in [6.07, 6.45) is 4.25. The van der Waals surface area contributed by atoms with Crippen LogP contribution in [0.2, 0.25) is 0 Å². The number of unbranched alkanes of at least 4 members (excludes halogenated alkanes) is 1. The lowest BCUT2D eigenvalue weighted by Crippen LogP contribution is -2.20. The van der Waals surface area contributed by atoms with Crippen LogP contribution in [0.25, 0.3) is 0 Å². The van der Waals surface area contributed by atoms with Gasteiger partial charge in [0.05, 0.1) is 0 Å². The lowest BCUT2D eigenvalue weighted by molar-refractivity contribution is 0.320. The molecule has 0 aliphatic heterocycles. The topological polar surface area (TPSA) is 36.1 Å². The van der Waals surface area contributed by atoms with E-state index in [9.17, 15) is 4.79 Å². The first-order chi connectivity index (χ1) is 7.13. The highest BCUT2D eigenvalue weighted by Gasteiger charge is 2.04. The van der Waals surface area contributed by atoms with Crippen molar-refractivity contribution in [2.75, 3.05) is 13.6 Å². The largest absolute Gasteiger partial charge is 0.329 e. The summed E-state index contributed by atoms with van der Waals surface area (Å²) in [6.45, 7) is 4.19. The first-order valence-corrected chi connectivity index (χ1v) is 6.27. The van der Waals surface area contributed by atoms with Crippen LogP contribution in [0.5, 0.6) is 0 Å². The minimum atomic E-state index is -0.0284. The zero-order chi connectivity index (χ0) is 11.3. The number of rotatable bonds is 5. The smallest absolute Gasteiger partial charge is 0.248 e. The van der Waals surface area contributed by atoms with Crippen LogP contribution in [-0.4, -0.2) is 23.5 Å². The van der Waals surface area contributed by atoms with E-state index < -0.39 is 0 Å². The van der Waals surface area contributed by atoms with E-state index in [1.54, 1.807) is 6.07 Å². The molecule has 0 aliphatic rings. The molecule has 3 nitrogen and oxygen atoms in total. The fourth-order valence-electron chi connectivity index (χ4n) is 1.40. The van der Waals surface area contributed by atoms with Crippen LogP contribution in [0.15, 0.2) is 17.1 Å². The molecule has 0 aromatic carbocycles. The van der Waals surface area contributed by atoms with Gasteiger partial charge in [-0.05, 0) is 48.2 Å². The van der Waals surface area contributed by atoms with E-state index in [2.05, 4.69) is 46.4 Å². The Hall–Kier alpha value is -0.360. The van der Waals surface area contributed by atoms with Crippen LogP contribution in [-0.2, 0) is 6.54 Å². The van der Waals surface area contributed by atoms with Gasteiger partial charge >= 0.3 is 0 Å². The predicted molar refractivity (Wildman–Crippen MR) is 71.0 cm³/mol. The van der Waals surface area contributed by atoms with Crippen molar-refractivity contribution < 1.29 is 0 Å². The molecule has 0 fully saturated rings. The van der Waals surface area contributed by atoms with E-state index in [0.29, 0.717) is 0 Å². The van der Waals surface area contributed by atoms with Crippen LogP contribution in [0, 0.1) is 3.57 Å². The number of nitrogens with one attached hydrogen (secondary N) is 1. The second kappa shape index (κ2) is 6.27. The Balaban J connectivity index is 2.60. The minimum absolute atomic E-state index is 0.0284. The average Bonchev–Trinajstić information content (AvgIpc) is 2.19. The molecule has 0 bridgehead atoms. The summed E-state index contributed by atoms with van der Waals surface area (Å²) in [6, 6.07) is 1.64. The minimum Gasteiger partial charge on any atom is -0.329 e. The molecule has 0 unspecified atom stereocenters. The summed E-state index contributed by atoms with van der Waals surface area (Å²) in [7, 11) is 2.11. The third-order valence-electron chi connectivity index (χ3n) is 2.29. The average molecular weight is 320 g/mol. The fourth-order valence-corrected chi connectivity index (χ4v) is 2.00. The molecule has 1 N–H and O–H groups in total. The molecule has 0 aliphatic carbocycles. The number of aromatic amines is 1. The SMILES string of the molecule is CCCCN(C)Cc1c[nH]c(=O)cc1I. The van der Waals surface area contributed by atoms with Crippen LogP contribution in [0.4, 0.5) is 0 Å². The summed E-state index contributed by atoms with van der Waals surface area (Å²) >= 11 is 2.21. The quantitative estimate of drug-likeness (QED) is 0.845. The van der Waals surface area contributed by atoms with Gasteiger partial charge in [0.25, 0.3) is 0 Å². The van der Waals surface area contributed by atoms with Crippen molar-refractivity contribution in [3.05, 3.63) is 31.8 Å². The predicted octanol–water partition coefficient (Wildman–Crippen LogP) is 2.21. The standard InChI is InChI=1S/C11H17IN2O/c1-3-4-5-14(2)8-9-7-13-11(15)6-10(9)12/h6-7H,3-5,8H2,1-2H3,(H,13,15). The molecule has 84 valence electrons. The van der Waals surface area contributed by atoms with Crippen molar-refractivity contribution in [3.63, 3.8) is 0 Å². The lowest BCUT2D eigenvalue weighted by atomic mass is 10.2. The molecule has 1 aromatic heterocycles. The Morgan fingerprint density at radius 2 is 2.27 bits per heavy atom. The Kier molecular flexibility index (Phi) is 5.31. The van der Waals surface area contributed by atoms with Crippen molar-refractivity contribution in [1.82, 2.24) is 9.88 Å². The number of hydrogen-bond acceptors (Lipinski definition) is 2. The maximum Gasteiger partial charge on any atom is 0.248 e. The molecule has 1 rings (SSSR count). The third-order valence-corrected chi connectivity index (χ3v) is 3.29. The molecule has 1 heterocycles. The van der Waals surface area contributed by atoms with Gasteiger partial charge in [0.1, 0.15) is 0 Å². The van der Waals surface area contributed by atoms with Crippen molar-refractivity contribution in [1.29, 1.82) is 0 Å². The molecule has 0 atom stereocenters. The first kappa shape index (κ1) is 12.7. The van der Waals surface area contributed by atoms with Gasteiger partial charge in [0.15, 0.2) is 0 Å².